The van der Waals surface area contributed by atoms with Crippen molar-refractivity contribution in [3.05, 3.63) is 40.9 Å². The predicted molar refractivity (Wildman–Crippen MR) is 71.7 cm³/mol. The molecule has 1 amide bonds. The van der Waals surface area contributed by atoms with Gasteiger partial charge < -0.3 is 10.4 Å². The largest absolute Gasteiger partial charge is 0.395 e. The van der Waals surface area contributed by atoms with Gasteiger partial charge in [-0.05, 0) is 30.5 Å². The Labute approximate surface area is 109 Å². The van der Waals surface area contributed by atoms with E-state index in [-0.39, 0.29) is 19.1 Å². The first kappa shape index (κ1) is 12.7. The Morgan fingerprint density at radius 1 is 1.44 bits per heavy atom. The van der Waals surface area contributed by atoms with Gasteiger partial charge in [0.2, 0.25) is 0 Å². The van der Waals surface area contributed by atoms with Crippen LogP contribution in [0.25, 0.3) is 10.6 Å². The number of aryl methyl sites for hydroxylation is 1. The lowest BCUT2D eigenvalue weighted by Crippen LogP contribution is -2.27. The quantitative estimate of drug-likeness (QED) is 0.883. The molecule has 94 valence electrons. The fourth-order valence-corrected chi connectivity index (χ4v) is 2.32. The number of carbonyl (C=O) groups excluding carboxylic acids is 1. The van der Waals surface area contributed by atoms with E-state index in [2.05, 4.69) is 10.3 Å². The first-order valence-corrected chi connectivity index (χ1v) is 6.51. The minimum Gasteiger partial charge on any atom is -0.395 e. The van der Waals surface area contributed by atoms with Crippen LogP contribution in [0.5, 0.6) is 0 Å². The van der Waals surface area contributed by atoms with E-state index in [1.54, 1.807) is 17.4 Å². The number of nitrogens with zero attached hydrogens (tertiary/aromatic N) is 1. The molecule has 0 saturated heterocycles. The molecule has 4 nitrogen and oxygen atoms in total. The van der Waals surface area contributed by atoms with E-state index in [4.69, 9.17) is 5.11 Å². The average molecular weight is 262 g/mol. The molecular formula is C13H14N2O2S. The van der Waals surface area contributed by atoms with Crippen LogP contribution in [-0.2, 0) is 0 Å². The third-order valence-corrected chi connectivity index (χ3v) is 3.39. The normalized spacial score (nSPS) is 10.3. The van der Waals surface area contributed by atoms with Crippen LogP contribution in [0.3, 0.4) is 0 Å². The summed E-state index contributed by atoms with van der Waals surface area (Å²) in [6.07, 6.45) is 0. The van der Waals surface area contributed by atoms with Crippen molar-refractivity contribution in [1.82, 2.24) is 10.3 Å². The number of aliphatic hydroxyl groups excluding tert-OH is 1. The Morgan fingerprint density at radius 2 is 2.28 bits per heavy atom. The lowest BCUT2D eigenvalue weighted by molar-refractivity contribution is 0.0944. The lowest BCUT2D eigenvalue weighted by atomic mass is 10.1. The Bertz CT molecular complexity index is 538. The molecular weight excluding hydrogens is 248 g/mol. The van der Waals surface area contributed by atoms with Gasteiger partial charge in [-0.25, -0.2) is 0 Å². The molecule has 2 aromatic rings. The second kappa shape index (κ2) is 5.75. The van der Waals surface area contributed by atoms with Crippen molar-refractivity contribution in [3.8, 4) is 10.6 Å². The molecule has 0 aliphatic rings. The van der Waals surface area contributed by atoms with Crippen molar-refractivity contribution in [2.45, 2.75) is 6.92 Å². The van der Waals surface area contributed by atoms with Crippen LogP contribution < -0.4 is 5.32 Å². The summed E-state index contributed by atoms with van der Waals surface area (Å²) in [6.45, 7) is 2.00. The van der Waals surface area contributed by atoms with Gasteiger partial charge in [0.15, 0.2) is 0 Å². The zero-order valence-electron chi connectivity index (χ0n) is 10.0. The van der Waals surface area contributed by atoms with Gasteiger partial charge in [0.05, 0.1) is 28.4 Å². The summed E-state index contributed by atoms with van der Waals surface area (Å²) in [6, 6.07) is 7.58. The molecule has 0 unspecified atom stereocenters. The molecule has 2 heterocycles. The molecule has 0 aromatic carbocycles. The molecule has 18 heavy (non-hydrogen) atoms. The molecule has 0 aliphatic heterocycles. The number of rotatable bonds is 4. The minimum atomic E-state index is -0.202. The van der Waals surface area contributed by atoms with Crippen LogP contribution >= 0.6 is 11.3 Å². The Hall–Kier alpha value is -1.72. The molecule has 0 fully saturated rings. The third kappa shape index (κ3) is 2.75. The molecule has 2 N–H and O–H groups in total. The second-order valence-electron chi connectivity index (χ2n) is 3.79. The number of pyridine rings is 1. The highest BCUT2D eigenvalue weighted by molar-refractivity contribution is 7.13. The predicted octanol–water partition coefficient (Wildman–Crippen LogP) is 1.84. The first-order valence-electron chi connectivity index (χ1n) is 5.63. The number of aliphatic hydroxyl groups is 1. The smallest absolute Gasteiger partial charge is 0.253 e. The minimum absolute atomic E-state index is 0.0640. The lowest BCUT2D eigenvalue weighted by Gasteiger charge is -2.07. The summed E-state index contributed by atoms with van der Waals surface area (Å²) in [5.41, 5.74) is 2.11. The molecule has 0 aliphatic carbocycles. The third-order valence-electron chi connectivity index (χ3n) is 2.50. The maximum Gasteiger partial charge on any atom is 0.253 e. The van der Waals surface area contributed by atoms with Gasteiger partial charge in [-0.3, -0.25) is 9.78 Å². The number of thiophene rings is 1. The van der Waals surface area contributed by atoms with Crippen molar-refractivity contribution in [2.24, 2.45) is 0 Å². The summed E-state index contributed by atoms with van der Waals surface area (Å²) in [5, 5.41) is 13.3. The van der Waals surface area contributed by atoms with Gasteiger partial charge in [0.25, 0.3) is 5.91 Å². The summed E-state index contributed by atoms with van der Waals surface area (Å²) in [5.74, 6) is -0.202. The van der Waals surface area contributed by atoms with Gasteiger partial charge in [-0.1, -0.05) is 6.07 Å². The number of amides is 1. The number of carbonyl (C=O) groups is 1. The van der Waals surface area contributed by atoms with Gasteiger partial charge >= 0.3 is 0 Å². The molecule has 0 spiro atoms. The molecule has 0 atom stereocenters. The van der Waals surface area contributed by atoms with Crippen molar-refractivity contribution in [3.63, 3.8) is 0 Å². The molecule has 2 rings (SSSR count). The molecule has 0 radical (unpaired) electrons. The summed E-state index contributed by atoms with van der Waals surface area (Å²) >= 11 is 1.62. The van der Waals surface area contributed by atoms with Crippen molar-refractivity contribution in [1.29, 1.82) is 0 Å². The SMILES string of the molecule is Cc1nc(-c2cccs2)ccc1C(=O)NCCO. The van der Waals surface area contributed by atoms with E-state index in [1.165, 1.54) is 0 Å². The highest BCUT2D eigenvalue weighted by Crippen LogP contribution is 2.23. The maximum absolute atomic E-state index is 11.8. The maximum atomic E-state index is 11.8. The number of hydrogen-bond acceptors (Lipinski definition) is 4. The second-order valence-corrected chi connectivity index (χ2v) is 4.73. The fourth-order valence-electron chi connectivity index (χ4n) is 1.63. The standard InChI is InChI=1S/C13H14N2O2S/c1-9-10(13(17)14-6-7-16)4-5-11(15-9)12-3-2-8-18-12/h2-5,8,16H,6-7H2,1H3,(H,14,17). The monoisotopic (exact) mass is 262 g/mol. The van der Waals surface area contributed by atoms with Crippen LogP contribution in [0.2, 0.25) is 0 Å². The number of hydrogen-bond donors (Lipinski definition) is 2. The highest BCUT2D eigenvalue weighted by atomic mass is 32.1. The number of nitrogens with one attached hydrogen (secondary N) is 1. The van der Waals surface area contributed by atoms with Crippen LogP contribution in [0, 0.1) is 6.92 Å². The topological polar surface area (TPSA) is 62.2 Å². The van der Waals surface area contributed by atoms with E-state index in [9.17, 15) is 4.79 Å². The Kier molecular flexibility index (Phi) is 4.07. The first-order chi connectivity index (χ1) is 8.72. The summed E-state index contributed by atoms with van der Waals surface area (Å²) < 4.78 is 0. The van der Waals surface area contributed by atoms with Gasteiger partial charge in [-0.15, -0.1) is 11.3 Å². The van der Waals surface area contributed by atoms with E-state index in [1.807, 2.05) is 30.5 Å². The molecule has 5 heteroatoms. The van der Waals surface area contributed by atoms with Crippen LogP contribution in [-0.4, -0.2) is 29.1 Å². The Balaban J connectivity index is 2.23. The highest BCUT2D eigenvalue weighted by Gasteiger charge is 2.10. The zero-order valence-corrected chi connectivity index (χ0v) is 10.8. The van der Waals surface area contributed by atoms with Crippen LogP contribution in [0.4, 0.5) is 0 Å². The number of aromatic nitrogens is 1. The van der Waals surface area contributed by atoms with E-state index < -0.39 is 0 Å². The van der Waals surface area contributed by atoms with Crippen molar-refractivity contribution in [2.75, 3.05) is 13.2 Å². The molecule has 2 aromatic heterocycles. The van der Waals surface area contributed by atoms with Crippen molar-refractivity contribution >= 4 is 17.2 Å². The van der Waals surface area contributed by atoms with Gasteiger partial charge in [0.1, 0.15) is 0 Å². The fraction of sp³-hybridized carbons (Fsp3) is 0.231. The van der Waals surface area contributed by atoms with E-state index >= 15 is 0 Å². The van der Waals surface area contributed by atoms with Crippen LogP contribution in [0.15, 0.2) is 29.6 Å². The summed E-state index contributed by atoms with van der Waals surface area (Å²) in [4.78, 5) is 17.3. The Morgan fingerprint density at radius 3 is 2.89 bits per heavy atom. The van der Waals surface area contributed by atoms with Gasteiger partial charge in [-0.2, -0.15) is 0 Å². The van der Waals surface area contributed by atoms with E-state index in [0.717, 1.165) is 10.6 Å². The summed E-state index contributed by atoms with van der Waals surface area (Å²) in [7, 11) is 0. The van der Waals surface area contributed by atoms with Crippen molar-refractivity contribution < 1.29 is 9.90 Å². The van der Waals surface area contributed by atoms with E-state index in [0.29, 0.717) is 11.3 Å². The molecule has 0 bridgehead atoms. The van der Waals surface area contributed by atoms with Gasteiger partial charge in [0, 0.05) is 6.54 Å². The van der Waals surface area contributed by atoms with Crippen LogP contribution in [0.1, 0.15) is 16.1 Å². The zero-order chi connectivity index (χ0) is 13.0. The molecule has 0 saturated carbocycles. The average Bonchev–Trinajstić information content (AvgIpc) is 2.89.